The number of hydrogen-bond acceptors (Lipinski definition) is 7. The molecule has 0 aromatic heterocycles. The number of benzene rings is 3. The van der Waals surface area contributed by atoms with Crippen molar-refractivity contribution < 1.29 is 28.8 Å². The van der Waals surface area contributed by atoms with E-state index in [-0.39, 0.29) is 30.6 Å². The van der Waals surface area contributed by atoms with Crippen LogP contribution >= 0.6 is 0 Å². The summed E-state index contributed by atoms with van der Waals surface area (Å²) in [5.74, 6) is 1.63. The standard InChI is InChI=1S/C46H66N2O6/c1-5-6-7-8-9-10-11-12-13-14-15-16-17-21-44(50)47-40-20-18-19-38(28-40)46-53-43(34(2)45(54-46)36-24-22-35(33-49)23-25-36)32-48-27-26-37-29-41(51-3)42(52-4)30-39(37)31-48/h18-20,22-25,28-30,34,43,45-46,49H,5-17,21,26-27,31-33H2,1-4H3,(H,47,50). The molecular formula is C46H66N2O6. The molecule has 1 amide bonds. The smallest absolute Gasteiger partial charge is 0.224 e. The van der Waals surface area contributed by atoms with Crippen LogP contribution in [0.15, 0.2) is 60.7 Å². The molecule has 1 saturated heterocycles. The minimum Gasteiger partial charge on any atom is -0.493 e. The van der Waals surface area contributed by atoms with E-state index in [4.69, 9.17) is 18.9 Å². The fourth-order valence-electron chi connectivity index (χ4n) is 7.97. The molecule has 54 heavy (non-hydrogen) atoms. The second kappa shape index (κ2) is 22.2. The molecule has 3 aromatic rings. The number of unbranched alkanes of at least 4 members (excludes halogenated alkanes) is 12. The first-order chi connectivity index (χ1) is 26.4. The van der Waals surface area contributed by atoms with Crippen molar-refractivity contribution in [1.29, 1.82) is 0 Å². The van der Waals surface area contributed by atoms with Crippen molar-refractivity contribution >= 4 is 11.6 Å². The van der Waals surface area contributed by atoms with Crippen LogP contribution in [-0.2, 0) is 33.8 Å². The Morgan fingerprint density at radius 3 is 2.06 bits per heavy atom. The summed E-state index contributed by atoms with van der Waals surface area (Å²) >= 11 is 0. The summed E-state index contributed by atoms with van der Waals surface area (Å²) < 4.78 is 24.7. The van der Waals surface area contributed by atoms with Crippen molar-refractivity contribution in [2.45, 2.75) is 142 Å². The normalized spacial score (nSPS) is 20.0. The highest BCUT2D eigenvalue weighted by molar-refractivity contribution is 5.90. The molecule has 0 aliphatic carbocycles. The number of carbonyl (C=O) groups is 1. The molecule has 8 nitrogen and oxygen atoms in total. The van der Waals surface area contributed by atoms with Crippen molar-refractivity contribution in [3.05, 3.63) is 88.5 Å². The van der Waals surface area contributed by atoms with Crippen LogP contribution in [0.4, 0.5) is 5.69 Å². The Balaban J connectivity index is 1.15. The number of fused-ring (bicyclic) bond motifs is 1. The van der Waals surface area contributed by atoms with Crippen molar-refractivity contribution in [2.24, 2.45) is 5.92 Å². The first kappa shape index (κ1) is 41.7. The minimum absolute atomic E-state index is 0.000677. The highest BCUT2D eigenvalue weighted by Gasteiger charge is 2.39. The van der Waals surface area contributed by atoms with E-state index in [1.807, 2.05) is 36.4 Å². The largest absolute Gasteiger partial charge is 0.493 e. The zero-order valence-electron chi connectivity index (χ0n) is 33.5. The quantitative estimate of drug-likeness (QED) is 0.0991. The second-order valence-corrected chi connectivity index (χ2v) is 15.4. The van der Waals surface area contributed by atoms with Crippen LogP contribution in [0.3, 0.4) is 0 Å². The number of carbonyl (C=O) groups excluding carboxylic acids is 1. The van der Waals surface area contributed by atoms with Crippen LogP contribution in [0.5, 0.6) is 11.5 Å². The maximum atomic E-state index is 13.0. The van der Waals surface area contributed by atoms with Gasteiger partial charge < -0.3 is 29.4 Å². The monoisotopic (exact) mass is 742 g/mol. The number of hydrogen-bond donors (Lipinski definition) is 2. The van der Waals surface area contributed by atoms with E-state index in [1.54, 1.807) is 14.2 Å². The van der Waals surface area contributed by atoms with Crippen LogP contribution in [0.2, 0.25) is 0 Å². The van der Waals surface area contributed by atoms with Gasteiger partial charge in [-0.05, 0) is 59.4 Å². The molecule has 5 rings (SSSR count). The van der Waals surface area contributed by atoms with Crippen molar-refractivity contribution in [2.75, 3.05) is 32.6 Å². The van der Waals surface area contributed by atoms with E-state index < -0.39 is 6.29 Å². The van der Waals surface area contributed by atoms with Crippen molar-refractivity contribution in [3.63, 3.8) is 0 Å². The van der Waals surface area contributed by atoms with Crippen LogP contribution in [0.25, 0.3) is 0 Å². The molecule has 0 bridgehead atoms. The average molecular weight is 743 g/mol. The van der Waals surface area contributed by atoms with Gasteiger partial charge in [-0.3, -0.25) is 9.69 Å². The van der Waals surface area contributed by atoms with Gasteiger partial charge in [-0.1, -0.05) is 127 Å². The molecule has 4 atom stereocenters. The van der Waals surface area contributed by atoms with Crippen LogP contribution in [0, 0.1) is 5.92 Å². The minimum atomic E-state index is -0.604. The zero-order chi connectivity index (χ0) is 38.1. The van der Waals surface area contributed by atoms with Gasteiger partial charge in [0.2, 0.25) is 5.91 Å². The van der Waals surface area contributed by atoms with E-state index in [0.29, 0.717) is 6.42 Å². The molecule has 3 aromatic carbocycles. The van der Waals surface area contributed by atoms with Gasteiger partial charge in [0.25, 0.3) is 0 Å². The molecule has 2 N–H and O–H groups in total. The second-order valence-electron chi connectivity index (χ2n) is 15.4. The SMILES string of the molecule is CCCCCCCCCCCCCCCC(=O)Nc1cccc(C2OC(CN3CCc4cc(OC)c(OC)cc4C3)C(C)C(c3ccc(CO)cc3)O2)c1. The van der Waals surface area contributed by atoms with Gasteiger partial charge in [0.1, 0.15) is 0 Å². The predicted molar refractivity (Wildman–Crippen MR) is 217 cm³/mol. The summed E-state index contributed by atoms with van der Waals surface area (Å²) in [6, 6.07) is 20.1. The number of methoxy groups -OCH3 is 2. The van der Waals surface area contributed by atoms with Gasteiger partial charge in [-0.15, -0.1) is 0 Å². The van der Waals surface area contributed by atoms with Gasteiger partial charge in [0.05, 0.1) is 33.0 Å². The van der Waals surface area contributed by atoms with Crippen molar-refractivity contribution in [3.8, 4) is 11.5 Å². The molecule has 0 radical (unpaired) electrons. The van der Waals surface area contributed by atoms with Gasteiger partial charge in [-0.25, -0.2) is 0 Å². The lowest BCUT2D eigenvalue weighted by Crippen LogP contribution is -2.45. The average Bonchev–Trinajstić information content (AvgIpc) is 3.20. The number of ether oxygens (including phenoxy) is 4. The summed E-state index contributed by atoms with van der Waals surface area (Å²) in [6.45, 7) is 6.93. The van der Waals surface area contributed by atoms with Crippen LogP contribution in [-0.4, -0.2) is 49.3 Å². The fourth-order valence-corrected chi connectivity index (χ4v) is 7.97. The molecule has 2 aliphatic heterocycles. The Labute approximate surface area is 324 Å². The number of rotatable bonds is 22. The number of nitrogens with zero attached hydrogens (tertiary/aromatic N) is 1. The van der Waals surface area contributed by atoms with Crippen LogP contribution in [0.1, 0.15) is 144 Å². The Kier molecular flexibility index (Phi) is 17.2. The molecule has 296 valence electrons. The van der Waals surface area contributed by atoms with E-state index in [1.165, 1.54) is 81.8 Å². The number of aliphatic hydroxyl groups is 1. The summed E-state index contributed by atoms with van der Waals surface area (Å²) in [5, 5.41) is 12.8. The molecule has 0 saturated carbocycles. The topological polar surface area (TPSA) is 89.5 Å². The first-order valence-electron chi connectivity index (χ1n) is 20.8. The fraction of sp³-hybridized carbons (Fsp3) is 0.587. The van der Waals surface area contributed by atoms with Gasteiger partial charge in [-0.2, -0.15) is 0 Å². The van der Waals surface area contributed by atoms with Crippen LogP contribution < -0.4 is 14.8 Å². The summed E-state index contributed by atoms with van der Waals surface area (Å²) in [5.41, 5.74) is 6.10. The van der Waals surface area contributed by atoms with E-state index in [0.717, 1.165) is 72.8 Å². The van der Waals surface area contributed by atoms with E-state index >= 15 is 0 Å². The van der Waals surface area contributed by atoms with Crippen molar-refractivity contribution in [1.82, 2.24) is 4.90 Å². The molecule has 0 spiro atoms. The lowest BCUT2D eigenvalue weighted by Gasteiger charge is -2.43. The number of aliphatic hydroxyl groups excluding tert-OH is 1. The molecule has 8 heteroatoms. The van der Waals surface area contributed by atoms with Gasteiger partial charge in [0.15, 0.2) is 17.8 Å². The molecule has 2 aliphatic rings. The number of amides is 1. The first-order valence-corrected chi connectivity index (χ1v) is 20.8. The summed E-state index contributed by atoms with van der Waals surface area (Å²) in [4.78, 5) is 15.4. The van der Waals surface area contributed by atoms with E-state index in [2.05, 4.69) is 48.3 Å². The number of nitrogens with one attached hydrogen (secondary N) is 1. The molecule has 1 fully saturated rings. The highest BCUT2D eigenvalue weighted by Crippen LogP contribution is 2.43. The Hall–Kier alpha value is -3.43. The Morgan fingerprint density at radius 1 is 0.796 bits per heavy atom. The summed E-state index contributed by atoms with van der Waals surface area (Å²) in [6.07, 6.45) is 17.3. The maximum absolute atomic E-state index is 13.0. The lowest BCUT2D eigenvalue weighted by atomic mass is 9.89. The molecule has 2 heterocycles. The highest BCUT2D eigenvalue weighted by atomic mass is 16.7. The predicted octanol–water partition coefficient (Wildman–Crippen LogP) is 10.5. The molecule has 4 unspecified atom stereocenters. The maximum Gasteiger partial charge on any atom is 0.224 e. The van der Waals surface area contributed by atoms with Gasteiger partial charge >= 0.3 is 0 Å². The molecular weight excluding hydrogens is 677 g/mol. The van der Waals surface area contributed by atoms with E-state index in [9.17, 15) is 9.90 Å². The Bertz CT molecular complexity index is 1560. The number of anilines is 1. The Morgan fingerprint density at radius 2 is 1.43 bits per heavy atom. The van der Waals surface area contributed by atoms with Gasteiger partial charge in [0, 0.05) is 43.2 Å². The third-order valence-corrected chi connectivity index (χ3v) is 11.3. The third kappa shape index (κ3) is 12.3. The lowest BCUT2D eigenvalue weighted by molar-refractivity contribution is -0.276. The third-order valence-electron chi connectivity index (χ3n) is 11.3. The summed E-state index contributed by atoms with van der Waals surface area (Å²) in [7, 11) is 3.36. The zero-order valence-corrected chi connectivity index (χ0v) is 33.5.